The molecule has 1 amide bonds. The van der Waals surface area contributed by atoms with Gasteiger partial charge >= 0.3 is 0 Å². The summed E-state index contributed by atoms with van der Waals surface area (Å²) < 4.78 is 0. The molecule has 1 aromatic carbocycles. The van der Waals surface area contributed by atoms with Crippen molar-refractivity contribution >= 4 is 18.3 Å². The van der Waals surface area contributed by atoms with Gasteiger partial charge in [-0.2, -0.15) is 0 Å². The van der Waals surface area contributed by atoms with Crippen LogP contribution < -0.4 is 10.6 Å². The van der Waals surface area contributed by atoms with Crippen molar-refractivity contribution in [3.8, 4) is 0 Å². The average molecular weight is 295 g/mol. The smallest absolute Gasteiger partial charge is 0.251 e. The second-order valence-electron chi connectivity index (χ2n) is 6.16. The Hall–Kier alpha value is -1.06. The van der Waals surface area contributed by atoms with Crippen LogP contribution in [-0.4, -0.2) is 24.0 Å². The Bertz CT molecular complexity index is 471. The van der Waals surface area contributed by atoms with Gasteiger partial charge in [-0.05, 0) is 51.7 Å². The van der Waals surface area contributed by atoms with Gasteiger partial charge in [-0.15, -0.1) is 12.4 Å². The van der Waals surface area contributed by atoms with Crippen LogP contribution in [0.3, 0.4) is 0 Å². The van der Waals surface area contributed by atoms with E-state index in [2.05, 4.69) is 16.7 Å². The summed E-state index contributed by atoms with van der Waals surface area (Å²) >= 11 is 0. The molecule has 4 heteroatoms. The molecule has 0 aromatic heterocycles. The molecule has 20 heavy (non-hydrogen) atoms. The number of fused-ring (bicyclic) bond motifs is 2. The molecular weight excluding hydrogens is 272 g/mol. The second kappa shape index (κ2) is 6.15. The van der Waals surface area contributed by atoms with Gasteiger partial charge in [0, 0.05) is 23.7 Å². The Kier molecular flexibility index (Phi) is 4.71. The monoisotopic (exact) mass is 294 g/mol. The van der Waals surface area contributed by atoms with E-state index in [4.69, 9.17) is 0 Å². The predicted octanol–water partition coefficient (Wildman–Crippen LogP) is 2.74. The molecule has 0 saturated carbocycles. The fraction of sp³-hybridized carbons (Fsp3) is 0.562. The molecule has 2 aliphatic heterocycles. The van der Waals surface area contributed by atoms with Gasteiger partial charge in [-0.1, -0.05) is 17.2 Å². The minimum atomic E-state index is 0. The maximum absolute atomic E-state index is 12.3. The standard InChI is InChI=1S/C16H22N2O.ClH/c1-10-5-11(2)7-12(6-10)16(19)18-15-8-13-3-4-14(9-15)17-13;/h5-7,13-15,17H,3-4,8-9H2,1-2H3,(H,18,19);1H. The van der Waals surface area contributed by atoms with Crippen molar-refractivity contribution in [1.29, 1.82) is 0 Å². The number of aryl methyl sites for hydroxylation is 2. The van der Waals surface area contributed by atoms with Gasteiger partial charge in [-0.3, -0.25) is 4.79 Å². The summed E-state index contributed by atoms with van der Waals surface area (Å²) in [4.78, 5) is 12.3. The molecule has 3 nitrogen and oxygen atoms in total. The van der Waals surface area contributed by atoms with Gasteiger partial charge in [0.15, 0.2) is 0 Å². The Balaban J connectivity index is 0.00000147. The van der Waals surface area contributed by atoms with Crippen LogP contribution >= 0.6 is 12.4 Å². The van der Waals surface area contributed by atoms with Gasteiger partial charge in [0.05, 0.1) is 0 Å². The first-order valence-corrected chi connectivity index (χ1v) is 7.25. The van der Waals surface area contributed by atoms with E-state index in [0.717, 1.165) is 29.5 Å². The Morgan fingerprint density at radius 2 is 1.65 bits per heavy atom. The first-order valence-electron chi connectivity index (χ1n) is 7.25. The van der Waals surface area contributed by atoms with Crippen molar-refractivity contribution in [2.45, 2.75) is 57.7 Å². The number of carbonyl (C=O) groups excluding carboxylic acids is 1. The summed E-state index contributed by atoms with van der Waals surface area (Å²) in [6, 6.07) is 7.61. The molecule has 0 radical (unpaired) electrons. The van der Waals surface area contributed by atoms with Gasteiger partial charge in [0.25, 0.3) is 5.91 Å². The quantitative estimate of drug-likeness (QED) is 0.880. The average Bonchev–Trinajstić information content (AvgIpc) is 2.67. The van der Waals surface area contributed by atoms with E-state index in [9.17, 15) is 4.79 Å². The van der Waals surface area contributed by atoms with E-state index in [1.165, 1.54) is 12.8 Å². The Labute approximate surface area is 126 Å². The molecular formula is C16H23ClN2O. The normalized spacial score (nSPS) is 27.8. The first-order chi connectivity index (χ1) is 9.10. The summed E-state index contributed by atoms with van der Waals surface area (Å²) in [5.74, 6) is 0.0816. The van der Waals surface area contributed by atoms with E-state index >= 15 is 0 Å². The largest absolute Gasteiger partial charge is 0.349 e. The molecule has 0 spiro atoms. The number of halogens is 1. The topological polar surface area (TPSA) is 41.1 Å². The lowest BCUT2D eigenvalue weighted by molar-refractivity contribution is 0.0924. The highest BCUT2D eigenvalue weighted by atomic mass is 35.5. The number of hydrogen-bond acceptors (Lipinski definition) is 2. The number of piperidine rings is 1. The van der Waals surface area contributed by atoms with E-state index in [1.807, 2.05) is 26.0 Å². The lowest BCUT2D eigenvalue weighted by atomic mass is 9.99. The highest BCUT2D eigenvalue weighted by Crippen LogP contribution is 2.27. The van der Waals surface area contributed by atoms with E-state index in [-0.39, 0.29) is 18.3 Å². The van der Waals surface area contributed by atoms with Crippen molar-refractivity contribution in [2.24, 2.45) is 0 Å². The summed E-state index contributed by atoms with van der Waals surface area (Å²) in [5.41, 5.74) is 3.09. The Morgan fingerprint density at radius 3 is 2.20 bits per heavy atom. The highest BCUT2D eigenvalue weighted by Gasteiger charge is 2.34. The van der Waals surface area contributed by atoms with Crippen LogP contribution in [0.25, 0.3) is 0 Å². The first kappa shape index (κ1) is 15.3. The maximum Gasteiger partial charge on any atom is 0.251 e. The molecule has 2 aliphatic rings. The summed E-state index contributed by atoms with van der Waals surface area (Å²) in [6.45, 7) is 4.07. The highest BCUT2D eigenvalue weighted by molar-refractivity contribution is 5.94. The molecule has 2 saturated heterocycles. The lowest BCUT2D eigenvalue weighted by Gasteiger charge is -2.29. The van der Waals surface area contributed by atoms with Crippen molar-refractivity contribution in [1.82, 2.24) is 10.6 Å². The summed E-state index contributed by atoms with van der Waals surface area (Å²) in [5, 5.41) is 6.81. The van der Waals surface area contributed by atoms with Crippen LogP contribution in [0.5, 0.6) is 0 Å². The van der Waals surface area contributed by atoms with Crippen LogP contribution in [0.4, 0.5) is 0 Å². The molecule has 2 unspecified atom stereocenters. The fourth-order valence-electron chi connectivity index (χ4n) is 3.55. The molecule has 3 rings (SSSR count). The van der Waals surface area contributed by atoms with E-state index in [1.54, 1.807) is 0 Å². The van der Waals surface area contributed by atoms with Crippen molar-refractivity contribution in [3.63, 3.8) is 0 Å². The van der Waals surface area contributed by atoms with E-state index in [0.29, 0.717) is 18.1 Å². The third-order valence-electron chi connectivity index (χ3n) is 4.29. The number of nitrogens with one attached hydrogen (secondary N) is 2. The molecule has 2 heterocycles. The fourth-order valence-corrected chi connectivity index (χ4v) is 3.55. The van der Waals surface area contributed by atoms with E-state index < -0.39 is 0 Å². The van der Waals surface area contributed by atoms with Crippen LogP contribution in [0, 0.1) is 13.8 Å². The minimum absolute atomic E-state index is 0. The van der Waals surface area contributed by atoms with Crippen molar-refractivity contribution in [3.05, 3.63) is 34.9 Å². The van der Waals surface area contributed by atoms with Crippen molar-refractivity contribution in [2.75, 3.05) is 0 Å². The molecule has 2 N–H and O–H groups in total. The second-order valence-corrected chi connectivity index (χ2v) is 6.16. The van der Waals surface area contributed by atoms with Crippen LogP contribution in [0.1, 0.15) is 47.2 Å². The van der Waals surface area contributed by atoms with Crippen molar-refractivity contribution < 1.29 is 4.79 Å². The zero-order chi connectivity index (χ0) is 13.4. The molecule has 2 atom stereocenters. The number of benzene rings is 1. The van der Waals surface area contributed by atoms with Crippen LogP contribution in [-0.2, 0) is 0 Å². The zero-order valence-electron chi connectivity index (χ0n) is 12.1. The van der Waals surface area contributed by atoms with Gasteiger partial charge < -0.3 is 10.6 Å². The SMILES string of the molecule is Cc1cc(C)cc(C(=O)NC2CC3CCC(C2)N3)c1.Cl. The predicted molar refractivity (Wildman–Crippen MR) is 83.6 cm³/mol. The molecule has 1 aromatic rings. The molecule has 110 valence electrons. The van der Waals surface area contributed by atoms with Crippen LogP contribution in [0.2, 0.25) is 0 Å². The van der Waals surface area contributed by atoms with Crippen LogP contribution in [0.15, 0.2) is 18.2 Å². The third kappa shape index (κ3) is 3.33. The molecule has 2 bridgehead atoms. The third-order valence-corrected chi connectivity index (χ3v) is 4.29. The summed E-state index contributed by atoms with van der Waals surface area (Å²) in [6.07, 6.45) is 4.68. The maximum atomic E-state index is 12.3. The van der Waals surface area contributed by atoms with Gasteiger partial charge in [-0.25, -0.2) is 0 Å². The molecule has 2 fully saturated rings. The van der Waals surface area contributed by atoms with Gasteiger partial charge in [0.1, 0.15) is 0 Å². The van der Waals surface area contributed by atoms with Gasteiger partial charge in [0.2, 0.25) is 0 Å². The minimum Gasteiger partial charge on any atom is -0.349 e. The number of carbonyl (C=O) groups is 1. The number of amides is 1. The number of rotatable bonds is 2. The molecule has 0 aliphatic carbocycles. The Morgan fingerprint density at radius 1 is 1.10 bits per heavy atom. The lowest BCUT2D eigenvalue weighted by Crippen LogP contribution is -2.48. The summed E-state index contributed by atoms with van der Waals surface area (Å²) in [7, 11) is 0. The number of hydrogen-bond donors (Lipinski definition) is 2. The zero-order valence-corrected chi connectivity index (χ0v) is 12.9.